The van der Waals surface area contributed by atoms with E-state index >= 15 is 0 Å². The number of rotatable bonds is 4. The molecule has 146 valence electrons. The highest BCUT2D eigenvalue weighted by atomic mass is 35.5. The summed E-state index contributed by atoms with van der Waals surface area (Å²) in [6.45, 7) is 1.26. The lowest BCUT2D eigenvalue weighted by molar-refractivity contribution is -0.134. The number of benzene rings is 2. The number of nitrogens with zero attached hydrogens (tertiary/aromatic N) is 2. The summed E-state index contributed by atoms with van der Waals surface area (Å²) in [7, 11) is 0. The second-order valence-corrected chi connectivity index (χ2v) is 8.70. The molecular weight excluding hydrogens is 396 g/mol. The average Bonchev–Trinajstić information content (AvgIpc) is 3.04. The Morgan fingerprint density at radius 1 is 1.07 bits per heavy atom. The second kappa shape index (κ2) is 8.05. The Morgan fingerprint density at radius 3 is 2.43 bits per heavy atom. The zero-order valence-electron chi connectivity index (χ0n) is 15.3. The predicted octanol–water partition coefficient (Wildman–Crippen LogP) is 3.82. The van der Waals surface area contributed by atoms with Crippen molar-refractivity contribution in [2.24, 2.45) is 0 Å². The Balaban J connectivity index is 1.40. The normalized spacial score (nSPS) is 18.5. The van der Waals surface area contributed by atoms with Gasteiger partial charge in [0.1, 0.15) is 5.75 Å². The van der Waals surface area contributed by atoms with E-state index in [1.807, 2.05) is 52.3 Å². The highest BCUT2D eigenvalue weighted by Gasteiger charge is 2.49. The van der Waals surface area contributed by atoms with E-state index in [9.17, 15) is 9.59 Å². The molecule has 2 amide bonds. The quantitative estimate of drug-likeness (QED) is 0.760. The lowest BCUT2D eigenvalue weighted by atomic mass is 10.0. The molecule has 2 saturated heterocycles. The van der Waals surface area contributed by atoms with E-state index in [0.29, 0.717) is 29.6 Å². The van der Waals surface area contributed by atoms with Crippen LogP contribution in [0.2, 0.25) is 5.02 Å². The van der Waals surface area contributed by atoms with E-state index in [2.05, 4.69) is 0 Å². The number of carbonyl (C=O) groups excluding carboxylic acids is 2. The third-order valence-electron chi connectivity index (χ3n) is 5.21. The van der Waals surface area contributed by atoms with Gasteiger partial charge in [-0.2, -0.15) is 0 Å². The molecule has 0 saturated carbocycles. The molecule has 7 heteroatoms. The summed E-state index contributed by atoms with van der Waals surface area (Å²) < 4.78 is 5.58. The molecule has 0 N–H and O–H groups in total. The number of thioether (sulfide) groups is 1. The molecule has 2 aliphatic heterocycles. The molecular formula is C21H21ClN2O3S. The minimum Gasteiger partial charge on any atom is -0.484 e. The Morgan fingerprint density at radius 2 is 1.75 bits per heavy atom. The van der Waals surface area contributed by atoms with Crippen LogP contribution < -0.4 is 9.64 Å². The highest BCUT2D eigenvalue weighted by molar-refractivity contribution is 8.02. The molecule has 0 radical (unpaired) electrons. The number of para-hydroxylation sites is 1. The van der Waals surface area contributed by atoms with Gasteiger partial charge in [0.2, 0.25) is 5.91 Å². The first-order valence-corrected chi connectivity index (χ1v) is 10.6. The van der Waals surface area contributed by atoms with Crippen LogP contribution in [-0.4, -0.2) is 47.0 Å². The van der Waals surface area contributed by atoms with Gasteiger partial charge in [0, 0.05) is 23.8 Å². The SMILES string of the molecule is O=C(COc1ccccc1)N1CCC2(CC1)SCC(=O)N2c1ccc(Cl)cc1. The lowest BCUT2D eigenvalue weighted by Gasteiger charge is -2.44. The average molecular weight is 417 g/mol. The number of amides is 2. The number of hydrogen-bond acceptors (Lipinski definition) is 4. The van der Waals surface area contributed by atoms with Crippen LogP contribution in [0, 0.1) is 0 Å². The van der Waals surface area contributed by atoms with E-state index < -0.39 is 0 Å². The Hall–Kier alpha value is -2.18. The van der Waals surface area contributed by atoms with Gasteiger partial charge in [-0.05, 0) is 49.2 Å². The van der Waals surface area contributed by atoms with Crippen LogP contribution in [0.15, 0.2) is 54.6 Å². The minimum atomic E-state index is -0.290. The summed E-state index contributed by atoms with van der Waals surface area (Å²) >= 11 is 7.67. The smallest absolute Gasteiger partial charge is 0.260 e. The third kappa shape index (κ3) is 3.84. The van der Waals surface area contributed by atoms with Crippen molar-refractivity contribution >= 4 is 40.9 Å². The summed E-state index contributed by atoms with van der Waals surface area (Å²) in [6, 6.07) is 16.7. The number of ether oxygens (including phenoxy) is 1. The molecule has 0 aliphatic carbocycles. The molecule has 2 heterocycles. The Labute approximate surface area is 173 Å². The van der Waals surface area contributed by atoms with Gasteiger partial charge in [0.05, 0.1) is 10.6 Å². The first-order valence-electron chi connectivity index (χ1n) is 9.26. The van der Waals surface area contributed by atoms with Gasteiger partial charge in [-0.1, -0.05) is 29.8 Å². The monoisotopic (exact) mass is 416 g/mol. The van der Waals surface area contributed by atoms with E-state index in [1.165, 1.54) is 0 Å². The molecule has 4 rings (SSSR count). The van der Waals surface area contributed by atoms with Crippen LogP contribution in [-0.2, 0) is 9.59 Å². The van der Waals surface area contributed by atoms with E-state index in [-0.39, 0.29) is 23.3 Å². The van der Waals surface area contributed by atoms with Crippen molar-refractivity contribution in [3.05, 3.63) is 59.6 Å². The number of hydrogen-bond donors (Lipinski definition) is 0. The van der Waals surface area contributed by atoms with Crippen molar-refractivity contribution < 1.29 is 14.3 Å². The maximum Gasteiger partial charge on any atom is 0.260 e. The summed E-state index contributed by atoms with van der Waals surface area (Å²) in [5.74, 6) is 1.24. The topological polar surface area (TPSA) is 49.9 Å². The number of piperidine rings is 1. The van der Waals surface area contributed by atoms with Gasteiger partial charge in [0.25, 0.3) is 5.91 Å². The van der Waals surface area contributed by atoms with Crippen molar-refractivity contribution in [3.63, 3.8) is 0 Å². The predicted molar refractivity (Wildman–Crippen MR) is 112 cm³/mol. The van der Waals surface area contributed by atoms with E-state index in [4.69, 9.17) is 16.3 Å². The molecule has 0 unspecified atom stereocenters. The van der Waals surface area contributed by atoms with Gasteiger partial charge in [0.15, 0.2) is 6.61 Å². The van der Waals surface area contributed by atoms with Crippen LogP contribution in [0.1, 0.15) is 12.8 Å². The van der Waals surface area contributed by atoms with Crippen LogP contribution in [0.4, 0.5) is 5.69 Å². The first-order chi connectivity index (χ1) is 13.6. The van der Waals surface area contributed by atoms with Crippen molar-refractivity contribution in [2.45, 2.75) is 17.7 Å². The first kappa shape index (κ1) is 19.2. The molecule has 5 nitrogen and oxygen atoms in total. The largest absolute Gasteiger partial charge is 0.484 e. The van der Waals surface area contributed by atoms with Gasteiger partial charge in [-0.15, -0.1) is 11.8 Å². The fourth-order valence-corrected chi connectivity index (χ4v) is 5.20. The molecule has 0 atom stereocenters. The molecule has 2 fully saturated rings. The van der Waals surface area contributed by atoms with Gasteiger partial charge in [-0.25, -0.2) is 0 Å². The van der Waals surface area contributed by atoms with Crippen molar-refractivity contribution in [1.82, 2.24) is 4.90 Å². The van der Waals surface area contributed by atoms with Gasteiger partial charge in [-0.3, -0.25) is 14.5 Å². The number of halogens is 1. The van der Waals surface area contributed by atoms with E-state index in [0.717, 1.165) is 18.5 Å². The van der Waals surface area contributed by atoms with Crippen molar-refractivity contribution in [2.75, 3.05) is 30.3 Å². The van der Waals surface area contributed by atoms with Gasteiger partial charge >= 0.3 is 0 Å². The minimum absolute atomic E-state index is 0.0222. The number of anilines is 1. The summed E-state index contributed by atoms with van der Waals surface area (Å²) in [4.78, 5) is 28.5. The maximum atomic E-state index is 12.6. The van der Waals surface area contributed by atoms with E-state index in [1.54, 1.807) is 23.9 Å². The zero-order valence-corrected chi connectivity index (χ0v) is 16.9. The molecule has 28 heavy (non-hydrogen) atoms. The molecule has 2 aromatic carbocycles. The molecule has 2 aromatic rings. The van der Waals surface area contributed by atoms with Crippen molar-refractivity contribution in [3.8, 4) is 5.75 Å². The molecule has 0 aromatic heterocycles. The summed E-state index contributed by atoms with van der Waals surface area (Å²) in [5, 5.41) is 0.649. The zero-order chi connectivity index (χ0) is 19.6. The fourth-order valence-electron chi connectivity index (χ4n) is 3.75. The summed E-state index contributed by atoms with van der Waals surface area (Å²) in [5.41, 5.74) is 0.867. The molecule has 1 spiro atoms. The standard InChI is InChI=1S/C21H21ClN2O3S/c22-16-6-8-17(9-7-16)24-20(26)15-28-21(24)10-12-23(13-11-21)19(25)14-27-18-4-2-1-3-5-18/h1-9H,10-15H2. The lowest BCUT2D eigenvalue weighted by Crippen LogP contribution is -2.53. The maximum absolute atomic E-state index is 12.6. The van der Waals surface area contributed by atoms with Crippen LogP contribution in [0.25, 0.3) is 0 Å². The molecule has 0 bridgehead atoms. The van der Waals surface area contributed by atoms with Crippen molar-refractivity contribution in [1.29, 1.82) is 0 Å². The number of carbonyl (C=O) groups is 2. The molecule has 2 aliphatic rings. The fraction of sp³-hybridized carbons (Fsp3) is 0.333. The third-order valence-corrected chi connectivity index (χ3v) is 6.98. The highest BCUT2D eigenvalue weighted by Crippen LogP contribution is 2.46. The van der Waals surface area contributed by atoms with Gasteiger partial charge < -0.3 is 9.64 Å². The van der Waals surface area contributed by atoms with Crippen LogP contribution in [0.3, 0.4) is 0 Å². The van der Waals surface area contributed by atoms with Crippen LogP contribution >= 0.6 is 23.4 Å². The number of likely N-dealkylation sites (tertiary alicyclic amines) is 1. The van der Waals surface area contributed by atoms with Crippen LogP contribution in [0.5, 0.6) is 5.75 Å². The second-order valence-electron chi connectivity index (χ2n) is 6.92. The summed E-state index contributed by atoms with van der Waals surface area (Å²) in [6.07, 6.45) is 1.48. The Kier molecular flexibility index (Phi) is 5.51. The Bertz CT molecular complexity index is 852.